The highest BCUT2D eigenvalue weighted by molar-refractivity contribution is 5.97. The van der Waals surface area contributed by atoms with E-state index in [9.17, 15) is 19.8 Å². The second-order valence-corrected chi connectivity index (χ2v) is 10.7. The summed E-state index contributed by atoms with van der Waals surface area (Å²) < 4.78 is 0. The third kappa shape index (κ3) is 5.11. The van der Waals surface area contributed by atoms with Crippen LogP contribution in [0.15, 0.2) is 37.4 Å². The Morgan fingerprint density at radius 3 is 1.55 bits per heavy atom. The molecule has 0 saturated carbocycles. The van der Waals surface area contributed by atoms with Crippen molar-refractivity contribution >= 4 is 68.4 Å². The Labute approximate surface area is 243 Å². The lowest BCUT2D eigenvalue weighted by Crippen LogP contribution is -1.95. The van der Waals surface area contributed by atoms with Crippen molar-refractivity contribution in [1.29, 1.82) is 0 Å². The highest BCUT2D eigenvalue weighted by atomic mass is 16.4. The van der Waals surface area contributed by atoms with Gasteiger partial charge in [0.15, 0.2) is 0 Å². The maximum atomic E-state index is 11.5. The molecular weight excluding hydrogens is 528 g/mol. The number of aromatic amines is 2. The van der Waals surface area contributed by atoms with Crippen molar-refractivity contribution in [3.63, 3.8) is 0 Å². The first-order chi connectivity index (χ1) is 20.0. The molecule has 0 amide bonds. The van der Waals surface area contributed by atoms with Crippen LogP contribution in [0.5, 0.6) is 0 Å². The molecule has 0 fully saturated rings. The molecule has 0 unspecified atom stereocenters. The summed E-state index contributed by atoms with van der Waals surface area (Å²) >= 11 is 0. The summed E-state index contributed by atoms with van der Waals surface area (Å²) in [6.45, 7) is 16.0. The number of carboxylic acid groups (broad SMARTS) is 2. The first-order valence-electron chi connectivity index (χ1n) is 13.9. The molecule has 214 valence electrons. The van der Waals surface area contributed by atoms with Crippen molar-refractivity contribution in [2.45, 2.75) is 53.4 Å². The second kappa shape index (κ2) is 11.1. The number of H-pyrrole nitrogens is 2. The van der Waals surface area contributed by atoms with Gasteiger partial charge < -0.3 is 20.2 Å². The minimum absolute atomic E-state index is 0.0238. The fourth-order valence-corrected chi connectivity index (χ4v) is 5.77. The Balaban J connectivity index is 1.93. The lowest BCUT2D eigenvalue weighted by Gasteiger charge is -2.04. The smallest absolute Gasteiger partial charge is 0.303 e. The molecule has 4 N–H and O–H groups in total. The molecule has 0 aliphatic carbocycles. The predicted molar refractivity (Wildman–Crippen MR) is 169 cm³/mol. The largest absolute Gasteiger partial charge is 0.481 e. The molecule has 3 aromatic heterocycles. The van der Waals surface area contributed by atoms with Gasteiger partial charge >= 0.3 is 11.9 Å². The van der Waals surface area contributed by atoms with Gasteiger partial charge in [-0.25, -0.2) is 9.97 Å². The maximum absolute atomic E-state index is 11.5. The van der Waals surface area contributed by atoms with E-state index in [1.54, 1.807) is 0 Å². The lowest BCUT2D eigenvalue weighted by atomic mass is 9.99. The van der Waals surface area contributed by atoms with Gasteiger partial charge in [0, 0.05) is 46.0 Å². The van der Waals surface area contributed by atoms with Crippen LogP contribution in [0.1, 0.15) is 84.6 Å². The topological polar surface area (TPSA) is 132 Å². The van der Waals surface area contributed by atoms with Crippen molar-refractivity contribution in [3.05, 3.63) is 82.5 Å². The summed E-state index contributed by atoms with van der Waals surface area (Å²) in [4.78, 5) is 40.0. The number of carbonyl (C=O) groups is 2. The van der Waals surface area contributed by atoms with E-state index in [2.05, 4.69) is 29.2 Å². The van der Waals surface area contributed by atoms with Crippen molar-refractivity contribution in [2.24, 2.45) is 0 Å². The number of nitrogens with one attached hydrogen (secondary N) is 2. The molecule has 2 aliphatic rings. The fraction of sp³-hybridized carbons (Fsp3) is 0.235. The summed E-state index contributed by atoms with van der Waals surface area (Å²) in [7, 11) is 0. The number of fused-ring (bicyclic) bond motifs is 8. The van der Waals surface area contributed by atoms with Gasteiger partial charge in [-0.15, -0.1) is 0 Å². The highest BCUT2D eigenvalue weighted by Crippen LogP contribution is 2.38. The first-order valence-corrected chi connectivity index (χ1v) is 13.9. The van der Waals surface area contributed by atoms with E-state index < -0.39 is 11.9 Å². The Kier molecular flexibility index (Phi) is 7.56. The quantitative estimate of drug-likeness (QED) is 0.221. The molecule has 0 atom stereocenters. The molecule has 0 radical (unpaired) electrons. The van der Waals surface area contributed by atoms with E-state index in [0.29, 0.717) is 29.9 Å². The molecule has 5 heterocycles. The van der Waals surface area contributed by atoms with Gasteiger partial charge in [0.2, 0.25) is 0 Å². The molecule has 0 saturated heterocycles. The molecule has 8 heteroatoms. The molecule has 5 rings (SSSR count). The van der Waals surface area contributed by atoms with Crippen LogP contribution in [0.4, 0.5) is 0 Å². The average Bonchev–Trinajstić information content (AvgIpc) is 3.59. The number of hydrogen-bond acceptors (Lipinski definition) is 4. The minimum atomic E-state index is -0.880. The number of aliphatic carboxylic acids is 2. The van der Waals surface area contributed by atoms with Crippen molar-refractivity contribution in [2.75, 3.05) is 0 Å². The number of aryl methyl sites for hydroxylation is 2. The third-order valence-corrected chi connectivity index (χ3v) is 8.22. The zero-order chi connectivity index (χ0) is 30.3. The van der Waals surface area contributed by atoms with Gasteiger partial charge in [0.05, 0.1) is 22.8 Å². The highest BCUT2D eigenvalue weighted by Gasteiger charge is 2.22. The van der Waals surface area contributed by atoms with Crippen LogP contribution in [0.2, 0.25) is 0 Å². The van der Waals surface area contributed by atoms with Crippen LogP contribution in [0, 0.1) is 13.8 Å². The van der Waals surface area contributed by atoms with E-state index in [1.165, 1.54) is 0 Å². The van der Waals surface area contributed by atoms with E-state index in [1.807, 2.05) is 58.0 Å². The maximum Gasteiger partial charge on any atom is 0.303 e. The van der Waals surface area contributed by atoms with Crippen LogP contribution in [-0.2, 0) is 9.59 Å². The molecule has 42 heavy (non-hydrogen) atoms. The lowest BCUT2D eigenvalue weighted by molar-refractivity contribution is -0.137. The Morgan fingerprint density at radius 1 is 0.667 bits per heavy atom. The SMILES string of the molecule is C=Cc1c(C)c2cc3[nH]c(cc4nc(cc5nc(cc1[nH]2)C(C)=C5CCC(=O)O)C(C)=C4CCC(=O)O)c(C)c3C=C. The Hall–Kier alpha value is -4.98. The zero-order valence-corrected chi connectivity index (χ0v) is 24.3. The van der Waals surface area contributed by atoms with Crippen LogP contribution in [0.3, 0.4) is 0 Å². The van der Waals surface area contributed by atoms with Crippen molar-refractivity contribution in [1.82, 2.24) is 19.9 Å². The molecule has 8 nitrogen and oxygen atoms in total. The van der Waals surface area contributed by atoms with Crippen molar-refractivity contribution in [3.8, 4) is 0 Å². The summed E-state index contributed by atoms with van der Waals surface area (Å²) in [6, 6.07) is 7.88. The van der Waals surface area contributed by atoms with Gasteiger partial charge in [-0.05, 0) is 98.2 Å². The van der Waals surface area contributed by atoms with Crippen LogP contribution >= 0.6 is 0 Å². The summed E-state index contributed by atoms with van der Waals surface area (Å²) in [5, 5.41) is 18.9. The Morgan fingerprint density at radius 2 is 1.07 bits per heavy atom. The normalized spacial score (nSPS) is 13.0. The molecular formula is C34H34N4O4. The molecule has 0 spiro atoms. The van der Waals surface area contributed by atoms with Crippen LogP contribution in [0.25, 0.3) is 56.5 Å². The molecule has 0 aromatic carbocycles. The van der Waals surface area contributed by atoms with E-state index in [4.69, 9.17) is 9.97 Å². The predicted octanol–water partition coefficient (Wildman–Crippen LogP) is 7.81. The number of allylic oxidation sites excluding steroid dienone is 4. The van der Waals surface area contributed by atoms with Gasteiger partial charge in [0.1, 0.15) is 0 Å². The van der Waals surface area contributed by atoms with Gasteiger partial charge in [-0.2, -0.15) is 0 Å². The van der Waals surface area contributed by atoms with Gasteiger partial charge in [-0.1, -0.05) is 25.3 Å². The van der Waals surface area contributed by atoms with Gasteiger partial charge in [-0.3, -0.25) is 9.59 Å². The average molecular weight is 563 g/mol. The first kappa shape index (κ1) is 28.5. The summed E-state index contributed by atoms with van der Waals surface area (Å²) in [5.41, 5.74) is 13.7. The van der Waals surface area contributed by atoms with Crippen LogP contribution < -0.4 is 0 Å². The zero-order valence-electron chi connectivity index (χ0n) is 24.3. The minimum Gasteiger partial charge on any atom is -0.481 e. The summed E-state index contributed by atoms with van der Waals surface area (Å²) in [5.74, 6) is -1.76. The molecule has 2 aliphatic heterocycles. The van der Waals surface area contributed by atoms with E-state index in [0.717, 1.165) is 72.3 Å². The van der Waals surface area contributed by atoms with Gasteiger partial charge in [0.25, 0.3) is 0 Å². The van der Waals surface area contributed by atoms with E-state index >= 15 is 0 Å². The molecule has 8 bridgehead atoms. The van der Waals surface area contributed by atoms with E-state index in [-0.39, 0.29) is 12.8 Å². The number of carboxylic acids is 2. The second-order valence-electron chi connectivity index (χ2n) is 10.7. The summed E-state index contributed by atoms with van der Waals surface area (Å²) in [6.07, 6.45) is 4.25. The number of aromatic nitrogens is 4. The Bertz CT molecular complexity index is 1920. The van der Waals surface area contributed by atoms with Crippen molar-refractivity contribution < 1.29 is 19.8 Å². The number of hydrogen-bond donors (Lipinski definition) is 4. The van der Waals surface area contributed by atoms with Crippen LogP contribution in [-0.4, -0.2) is 42.1 Å². The monoisotopic (exact) mass is 562 g/mol. The number of rotatable bonds is 8. The molecule has 3 aromatic rings. The number of nitrogens with zero attached hydrogens (tertiary/aromatic N) is 2. The fourth-order valence-electron chi connectivity index (χ4n) is 5.77. The third-order valence-electron chi connectivity index (χ3n) is 8.22. The standard InChI is InChI=1S/C34H34N4O4/c1-7-21-17(3)25-13-29-22(8-2)18(4)26(36-29)15-31-24(10-12-34(41)42)20(6)28(38-31)16-32-23(9-11-33(39)40)19(5)27(37-32)14-30(21)35-25/h7-8,13-16,35-36H,1-2,9-12H2,3-6H3,(H,39,40)(H,41,42).